The number of methoxy groups -OCH3 is 1. The maximum absolute atomic E-state index is 12.1. The lowest BCUT2D eigenvalue weighted by atomic mass is 10.0. The Morgan fingerprint density at radius 3 is 2.77 bits per heavy atom. The fourth-order valence-corrected chi connectivity index (χ4v) is 2.72. The van der Waals surface area contributed by atoms with Crippen molar-refractivity contribution in [3.8, 4) is 11.3 Å². The summed E-state index contributed by atoms with van der Waals surface area (Å²) in [6, 6.07) is 7.88. The second-order valence-electron chi connectivity index (χ2n) is 5.57. The lowest BCUT2D eigenvalue weighted by Gasteiger charge is -2.26. The van der Waals surface area contributed by atoms with Gasteiger partial charge in [0.05, 0.1) is 17.6 Å². The first-order chi connectivity index (χ1) is 12.4. The highest BCUT2D eigenvalue weighted by Gasteiger charge is 2.34. The average molecular weight is 357 g/mol. The molecule has 9 nitrogen and oxygen atoms in total. The molecule has 26 heavy (non-hydrogen) atoms. The number of benzene rings is 1. The third-order valence-electron chi connectivity index (χ3n) is 3.93. The van der Waals surface area contributed by atoms with Gasteiger partial charge in [0.1, 0.15) is 17.6 Å². The summed E-state index contributed by atoms with van der Waals surface area (Å²) in [4.78, 5) is 34.3. The number of carbonyl (C=O) groups is 2. The van der Waals surface area contributed by atoms with Gasteiger partial charge in [-0.25, -0.2) is 9.59 Å². The molecule has 0 saturated heterocycles. The van der Waals surface area contributed by atoms with Gasteiger partial charge in [-0.05, 0) is 19.1 Å². The molecule has 0 bridgehead atoms. The van der Waals surface area contributed by atoms with E-state index >= 15 is 0 Å². The predicted molar refractivity (Wildman–Crippen MR) is 89.9 cm³/mol. The zero-order valence-corrected chi connectivity index (χ0v) is 13.9. The molecular weight excluding hydrogens is 342 g/mol. The van der Waals surface area contributed by atoms with Crippen LogP contribution in [-0.2, 0) is 9.53 Å². The number of rotatable bonds is 4. The van der Waals surface area contributed by atoms with Crippen LogP contribution in [0.3, 0.4) is 0 Å². The van der Waals surface area contributed by atoms with Crippen molar-refractivity contribution < 1.29 is 23.7 Å². The molecule has 134 valence electrons. The van der Waals surface area contributed by atoms with Gasteiger partial charge in [0.15, 0.2) is 0 Å². The molecule has 0 fully saturated rings. The zero-order valence-electron chi connectivity index (χ0n) is 13.9. The molecule has 2 aromatic rings. The van der Waals surface area contributed by atoms with Gasteiger partial charge in [-0.15, -0.1) is 0 Å². The van der Waals surface area contributed by atoms with E-state index < -0.39 is 23.0 Å². The summed E-state index contributed by atoms with van der Waals surface area (Å²) in [6.45, 7) is 1.59. The number of nitro benzene ring substituents is 1. The summed E-state index contributed by atoms with van der Waals surface area (Å²) in [5, 5.41) is 16.1. The van der Waals surface area contributed by atoms with Crippen LogP contribution < -0.4 is 10.6 Å². The fraction of sp³-hybridized carbons (Fsp3) is 0.176. The minimum absolute atomic E-state index is 0.0680. The first kappa shape index (κ1) is 17.2. The number of allylic oxidation sites excluding steroid dienone is 1. The van der Waals surface area contributed by atoms with Crippen molar-refractivity contribution in [2.75, 3.05) is 7.11 Å². The SMILES string of the molecule is COC(=O)C1=C(C)NC(=O)N[C@@H]1c1ccc(-c2cccc([N+](=O)[O-])c2)o1. The van der Waals surface area contributed by atoms with E-state index in [2.05, 4.69) is 10.6 Å². The molecular formula is C17H15N3O6. The summed E-state index contributed by atoms with van der Waals surface area (Å²) >= 11 is 0. The van der Waals surface area contributed by atoms with Gasteiger partial charge in [-0.2, -0.15) is 0 Å². The number of hydrogen-bond donors (Lipinski definition) is 2. The van der Waals surface area contributed by atoms with E-state index in [0.717, 1.165) is 0 Å². The van der Waals surface area contributed by atoms with Gasteiger partial charge in [0, 0.05) is 23.4 Å². The minimum atomic E-state index is -0.830. The first-order valence-corrected chi connectivity index (χ1v) is 7.62. The van der Waals surface area contributed by atoms with Crippen LogP contribution >= 0.6 is 0 Å². The van der Waals surface area contributed by atoms with Gasteiger partial charge < -0.3 is 19.8 Å². The van der Waals surface area contributed by atoms with Gasteiger partial charge in [-0.3, -0.25) is 10.1 Å². The summed E-state index contributed by atoms with van der Waals surface area (Å²) in [5.41, 5.74) is 1.01. The third-order valence-corrected chi connectivity index (χ3v) is 3.93. The van der Waals surface area contributed by atoms with E-state index in [0.29, 0.717) is 22.8 Å². The number of amides is 2. The molecule has 1 aliphatic heterocycles. The summed E-state index contributed by atoms with van der Waals surface area (Å²) in [6.07, 6.45) is 0. The van der Waals surface area contributed by atoms with Crippen molar-refractivity contribution >= 4 is 17.7 Å². The third kappa shape index (κ3) is 3.14. The van der Waals surface area contributed by atoms with Gasteiger partial charge >= 0.3 is 12.0 Å². The van der Waals surface area contributed by atoms with Crippen LogP contribution in [0.5, 0.6) is 0 Å². The van der Waals surface area contributed by atoms with E-state index in [9.17, 15) is 19.7 Å². The van der Waals surface area contributed by atoms with Crippen LogP contribution in [0.4, 0.5) is 10.5 Å². The molecule has 1 aromatic carbocycles. The maximum Gasteiger partial charge on any atom is 0.338 e. The summed E-state index contributed by atoms with van der Waals surface area (Å²) in [5.74, 6) is 0.0766. The Labute approximate surface area is 147 Å². The molecule has 0 unspecified atom stereocenters. The molecule has 0 spiro atoms. The average Bonchev–Trinajstić information content (AvgIpc) is 3.10. The monoisotopic (exact) mass is 357 g/mol. The highest BCUT2D eigenvalue weighted by molar-refractivity contribution is 5.94. The number of urea groups is 1. The van der Waals surface area contributed by atoms with Crippen molar-refractivity contribution in [2.45, 2.75) is 13.0 Å². The van der Waals surface area contributed by atoms with Crippen molar-refractivity contribution in [3.63, 3.8) is 0 Å². The quantitative estimate of drug-likeness (QED) is 0.492. The largest absolute Gasteiger partial charge is 0.466 e. The van der Waals surface area contributed by atoms with Crippen molar-refractivity contribution in [3.05, 3.63) is 63.5 Å². The molecule has 0 radical (unpaired) electrons. The van der Waals surface area contributed by atoms with E-state index in [4.69, 9.17) is 9.15 Å². The van der Waals surface area contributed by atoms with Crippen molar-refractivity contribution in [2.24, 2.45) is 0 Å². The standard InChI is InChI=1S/C17H15N3O6/c1-9-14(16(21)25-2)15(19-17(22)18-9)13-7-6-12(26-13)10-4-3-5-11(8-10)20(23)24/h3-8,15H,1-2H3,(H2,18,19,22)/t15-/m1/s1. The van der Waals surface area contributed by atoms with E-state index in [1.54, 1.807) is 31.2 Å². The molecule has 1 aliphatic rings. The number of nitrogens with zero attached hydrogens (tertiary/aromatic N) is 1. The lowest BCUT2D eigenvalue weighted by Crippen LogP contribution is -2.45. The number of nitro groups is 1. The molecule has 0 aliphatic carbocycles. The number of esters is 1. The second kappa shape index (κ2) is 6.71. The van der Waals surface area contributed by atoms with Gasteiger partial charge in [0.2, 0.25) is 0 Å². The van der Waals surface area contributed by atoms with Crippen LogP contribution in [0.1, 0.15) is 18.7 Å². The number of ether oxygens (including phenoxy) is 1. The number of furan rings is 1. The summed E-state index contributed by atoms with van der Waals surface area (Å²) < 4.78 is 10.5. The molecule has 0 saturated carbocycles. The second-order valence-corrected chi connectivity index (χ2v) is 5.57. The Kier molecular flexibility index (Phi) is 4.44. The minimum Gasteiger partial charge on any atom is -0.466 e. The van der Waals surface area contributed by atoms with E-state index in [1.807, 2.05) is 0 Å². The molecule has 9 heteroatoms. The molecule has 2 amide bonds. The molecule has 1 aromatic heterocycles. The fourth-order valence-electron chi connectivity index (χ4n) is 2.72. The summed E-state index contributed by atoms with van der Waals surface area (Å²) in [7, 11) is 1.24. The van der Waals surface area contributed by atoms with Crippen molar-refractivity contribution in [1.29, 1.82) is 0 Å². The number of hydrogen-bond acceptors (Lipinski definition) is 6. The Hall–Kier alpha value is -3.62. The van der Waals surface area contributed by atoms with Crippen LogP contribution in [0.15, 0.2) is 52.1 Å². The Morgan fingerprint density at radius 2 is 2.08 bits per heavy atom. The normalized spacial score (nSPS) is 16.7. The highest BCUT2D eigenvalue weighted by atomic mass is 16.6. The zero-order chi connectivity index (χ0) is 18.8. The highest BCUT2D eigenvalue weighted by Crippen LogP contribution is 2.32. The smallest absolute Gasteiger partial charge is 0.338 e. The van der Waals surface area contributed by atoms with Crippen molar-refractivity contribution in [1.82, 2.24) is 10.6 Å². The van der Waals surface area contributed by atoms with E-state index in [-0.39, 0.29) is 11.3 Å². The van der Waals surface area contributed by atoms with Crippen LogP contribution in [0, 0.1) is 10.1 Å². The van der Waals surface area contributed by atoms with Gasteiger partial charge in [-0.1, -0.05) is 12.1 Å². The Morgan fingerprint density at radius 1 is 1.31 bits per heavy atom. The molecule has 3 rings (SSSR count). The Bertz CT molecular complexity index is 930. The maximum atomic E-state index is 12.1. The predicted octanol–water partition coefficient (Wildman–Crippen LogP) is 2.66. The van der Waals surface area contributed by atoms with Crippen LogP contribution in [-0.4, -0.2) is 24.0 Å². The number of carbonyl (C=O) groups excluding carboxylic acids is 2. The molecule has 1 atom stereocenters. The van der Waals surface area contributed by atoms with E-state index in [1.165, 1.54) is 19.2 Å². The first-order valence-electron chi connectivity index (χ1n) is 7.62. The molecule has 2 N–H and O–H groups in total. The number of non-ortho nitro benzene ring substituents is 1. The van der Waals surface area contributed by atoms with Crippen LogP contribution in [0.25, 0.3) is 11.3 Å². The molecule has 2 heterocycles. The van der Waals surface area contributed by atoms with Gasteiger partial charge in [0.25, 0.3) is 5.69 Å². The lowest BCUT2D eigenvalue weighted by molar-refractivity contribution is -0.384. The van der Waals surface area contributed by atoms with Crippen LogP contribution in [0.2, 0.25) is 0 Å². The number of nitrogens with one attached hydrogen (secondary N) is 2. The Balaban J connectivity index is 1.99. The topological polar surface area (TPSA) is 124 Å².